The molecule has 1 fully saturated rings. The van der Waals surface area contributed by atoms with Crippen molar-refractivity contribution in [3.05, 3.63) is 17.6 Å². The predicted molar refractivity (Wildman–Crippen MR) is 89.1 cm³/mol. The molecular formula is C15H21N7O5. The molecule has 3 N–H and O–H groups in total. The average molecular weight is 379 g/mol. The summed E-state index contributed by atoms with van der Waals surface area (Å²) < 4.78 is 15.6. The number of nitrogens with two attached hydrogens (primary N) is 1. The minimum atomic E-state index is -0.609. The second kappa shape index (κ2) is 7.21. The number of amides is 2. The normalized spacial score (nSPS) is 17.1. The third-order valence-corrected chi connectivity index (χ3v) is 3.69. The SMILES string of the molecule is CC(C)(C)OC(=O)N1CCC[C@@H]1c1nc(C(=O)NCc2nnc(N)o2)no1. The van der Waals surface area contributed by atoms with Gasteiger partial charge in [0.2, 0.25) is 11.8 Å². The molecule has 27 heavy (non-hydrogen) atoms. The quantitative estimate of drug-likeness (QED) is 0.784. The van der Waals surface area contributed by atoms with E-state index in [-0.39, 0.29) is 30.2 Å². The van der Waals surface area contributed by atoms with Gasteiger partial charge in [0.05, 0.1) is 6.54 Å². The summed E-state index contributed by atoms with van der Waals surface area (Å²) in [4.78, 5) is 30.1. The molecule has 0 bridgehead atoms. The number of nitrogens with zero attached hydrogens (tertiary/aromatic N) is 5. The highest BCUT2D eigenvalue weighted by atomic mass is 16.6. The van der Waals surface area contributed by atoms with Crippen molar-refractivity contribution in [2.45, 2.75) is 51.8 Å². The van der Waals surface area contributed by atoms with Crippen LogP contribution in [0.4, 0.5) is 10.8 Å². The second-order valence-corrected chi connectivity index (χ2v) is 7.00. The first-order valence-corrected chi connectivity index (χ1v) is 8.42. The standard InChI is InChI=1S/C15H21N7O5/c1-15(2,3)26-14(24)22-6-4-5-8(22)12-18-10(21-27-12)11(23)17-7-9-19-20-13(16)25-9/h8H,4-7H2,1-3H3,(H2,16,20)(H,17,23)/t8-/m1/s1. The molecule has 2 aromatic rings. The number of rotatable bonds is 4. The fourth-order valence-electron chi connectivity index (χ4n) is 2.60. The van der Waals surface area contributed by atoms with Gasteiger partial charge in [-0.05, 0) is 33.6 Å². The Labute approximate surface area is 154 Å². The van der Waals surface area contributed by atoms with Gasteiger partial charge in [-0.1, -0.05) is 10.3 Å². The first-order valence-electron chi connectivity index (χ1n) is 8.42. The number of hydrogen-bond donors (Lipinski definition) is 2. The van der Waals surface area contributed by atoms with Crippen LogP contribution in [0.5, 0.6) is 0 Å². The minimum absolute atomic E-state index is 0.0274. The molecule has 2 aromatic heterocycles. The number of hydrogen-bond acceptors (Lipinski definition) is 10. The molecule has 1 atom stereocenters. The zero-order valence-electron chi connectivity index (χ0n) is 15.3. The van der Waals surface area contributed by atoms with Crippen LogP contribution in [0.15, 0.2) is 8.94 Å². The van der Waals surface area contributed by atoms with Crippen LogP contribution < -0.4 is 11.1 Å². The fraction of sp³-hybridized carbons (Fsp3) is 0.600. The van der Waals surface area contributed by atoms with Crippen LogP contribution in [0.2, 0.25) is 0 Å². The van der Waals surface area contributed by atoms with Crippen LogP contribution in [0, 0.1) is 0 Å². The van der Waals surface area contributed by atoms with Gasteiger partial charge in [-0.15, -0.1) is 5.10 Å². The number of anilines is 1. The molecule has 0 aliphatic carbocycles. The summed E-state index contributed by atoms with van der Waals surface area (Å²) >= 11 is 0. The van der Waals surface area contributed by atoms with Gasteiger partial charge in [-0.2, -0.15) is 4.98 Å². The Balaban J connectivity index is 1.63. The monoisotopic (exact) mass is 379 g/mol. The van der Waals surface area contributed by atoms with Crippen LogP contribution in [0.25, 0.3) is 0 Å². The van der Waals surface area contributed by atoms with Crippen molar-refractivity contribution in [1.82, 2.24) is 30.6 Å². The number of carbonyl (C=O) groups is 2. The number of carbonyl (C=O) groups excluding carboxylic acids is 2. The summed E-state index contributed by atoms with van der Waals surface area (Å²) in [6.07, 6.45) is 0.957. The van der Waals surface area contributed by atoms with E-state index in [0.717, 1.165) is 6.42 Å². The van der Waals surface area contributed by atoms with E-state index >= 15 is 0 Å². The highest BCUT2D eigenvalue weighted by Crippen LogP contribution is 2.32. The summed E-state index contributed by atoms with van der Waals surface area (Å²) in [6, 6.07) is -0.519. The molecule has 0 radical (unpaired) electrons. The minimum Gasteiger partial charge on any atom is -0.444 e. The van der Waals surface area contributed by atoms with Crippen molar-refractivity contribution in [3.8, 4) is 0 Å². The Morgan fingerprint density at radius 1 is 1.37 bits per heavy atom. The summed E-state index contributed by atoms with van der Waals surface area (Å²) in [5.41, 5.74) is 4.70. The van der Waals surface area contributed by atoms with Crippen LogP contribution in [-0.2, 0) is 11.3 Å². The Hall–Kier alpha value is -3.18. The molecule has 3 heterocycles. The third-order valence-electron chi connectivity index (χ3n) is 3.69. The maximum atomic E-state index is 12.3. The van der Waals surface area contributed by atoms with Gasteiger partial charge in [0.15, 0.2) is 0 Å². The largest absolute Gasteiger partial charge is 0.444 e. The molecule has 12 nitrogen and oxygen atoms in total. The molecular weight excluding hydrogens is 358 g/mol. The highest BCUT2D eigenvalue weighted by molar-refractivity contribution is 5.90. The van der Waals surface area contributed by atoms with Crippen molar-refractivity contribution >= 4 is 18.0 Å². The predicted octanol–water partition coefficient (Wildman–Crippen LogP) is 1.04. The van der Waals surface area contributed by atoms with E-state index < -0.39 is 23.6 Å². The van der Waals surface area contributed by atoms with Crippen LogP contribution in [-0.4, -0.2) is 49.4 Å². The van der Waals surface area contributed by atoms with Gasteiger partial charge in [-0.3, -0.25) is 9.69 Å². The zero-order chi connectivity index (χ0) is 19.6. The van der Waals surface area contributed by atoms with E-state index in [1.807, 2.05) is 0 Å². The lowest BCUT2D eigenvalue weighted by molar-refractivity contribution is 0.0199. The van der Waals surface area contributed by atoms with Crippen molar-refractivity contribution < 1.29 is 23.3 Å². The number of nitrogen functional groups attached to an aromatic ring is 1. The van der Waals surface area contributed by atoms with E-state index in [2.05, 4.69) is 25.7 Å². The van der Waals surface area contributed by atoms with E-state index in [1.165, 1.54) is 4.90 Å². The summed E-state index contributed by atoms with van der Waals surface area (Å²) in [6.45, 7) is 5.87. The molecule has 12 heteroatoms. The van der Waals surface area contributed by atoms with E-state index in [4.69, 9.17) is 19.4 Å². The number of likely N-dealkylation sites (tertiary alicyclic amines) is 1. The number of nitrogens with one attached hydrogen (secondary N) is 1. The molecule has 1 aliphatic rings. The van der Waals surface area contributed by atoms with Gasteiger partial charge in [0.25, 0.3) is 11.7 Å². The van der Waals surface area contributed by atoms with E-state index in [1.54, 1.807) is 20.8 Å². The lowest BCUT2D eigenvalue weighted by Crippen LogP contribution is -2.36. The molecule has 0 saturated carbocycles. The lowest BCUT2D eigenvalue weighted by Gasteiger charge is -2.26. The van der Waals surface area contributed by atoms with Gasteiger partial charge in [0.1, 0.15) is 11.6 Å². The first-order chi connectivity index (χ1) is 12.7. The average Bonchev–Trinajstić information content (AvgIpc) is 3.30. The Bertz CT molecular complexity index is 825. The Morgan fingerprint density at radius 2 is 2.15 bits per heavy atom. The smallest absolute Gasteiger partial charge is 0.410 e. The van der Waals surface area contributed by atoms with Crippen molar-refractivity contribution in [1.29, 1.82) is 0 Å². The zero-order valence-corrected chi connectivity index (χ0v) is 15.3. The van der Waals surface area contributed by atoms with Crippen molar-refractivity contribution in [3.63, 3.8) is 0 Å². The van der Waals surface area contributed by atoms with Crippen LogP contribution in [0.3, 0.4) is 0 Å². The van der Waals surface area contributed by atoms with E-state index in [9.17, 15) is 9.59 Å². The third kappa shape index (κ3) is 4.51. The topological polar surface area (TPSA) is 162 Å². The summed E-state index contributed by atoms with van der Waals surface area (Å²) in [5, 5.41) is 13.3. The molecule has 3 rings (SSSR count). The summed E-state index contributed by atoms with van der Waals surface area (Å²) in [7, 11) is 0. The second-order valence-electron chi connectivity index (χ2n) is 7.00. The Morgan fingerprint density at radius 3 is 2.81 bits per heavy atom. The van der Waals surface area contributed by atoms with Crippen molar-refractivity contribution in [2.24, 2.45) is 0 Å². The Kier molecular flexibility index (Phi) is 4.97. The number of ether oxygens (including phenoxy) is 1. The lowest BCUT2D eigenvalue weighted by atomic mass is 10.2. The number of aromatic nitrogens is 4. The van der Waals surface area contributed by atoms with Gasteiger partial charge in [0, 0.05) is 6.54 Å². The van der Waals surface area contributed by atoms with Crippen LogP contribution >= 0.6 is 0 Å². The van der Waals surface area contributed by atoms with Gasteiger partial charge in [-0.25, -0.2) is 4.79 Å². The molecule has 0 spiro atoms. The fourth-order valence-corrected chi connectivity index (χ4v) is 2.60. The highest BCUT2D eigenvalue weighted by Gasteiger charge is 2.37. The molecule has 146 valence electrons. The summed E-state index contributed by atoms with van der Waals surface area (Å²) in [5.74, 6) is -0.404. The van der Waals surface area contributed by atoms with Crippen LogP contribution in [0.1, 0.15) is 62.1 Å². The molecule has 0 unspecified atom stereocenters. The molecule has 1 aliphatic heterocycles. The van der Waals surface area contributed by atoms with Crippen molar-refractivity contribution in [2.75, 3.05) is 12.3 Å². The maximum Gasteiger partial charge on any atom is 0.410 e. The first kappa shape index (κ1) is 18.6. The molecule has 0 aromatic carbocycles. The maximum absolute atomic E-state index is 12.3. The molecule has 1 saturated heterocycles. The van der Waals surface area contributed by atoms with Gasteiger partial charge < -0.3 is 24.7 Å². The van der Waals surface area contributed by atoms with E-state index in [0.29, 0.717) is 13.0 Å². The molecule has 2 amide bonds. The van der Waals surface area contributed by atoms with Gasteiger partial charge >= 0.3 is 12.1 Å².